The normalized spacial score (nSPS) is 14.1. The van der Waals surface area contributed by atoms with E-state index in [0.29, 0.717) is 13.0 Å². The molecule has 1 unspecified atom stereocenters. The minimum Gasteiger partial charge on any atom is -0.480 e. The van der Waals surface area contributed by atoms with Gasteiger partial charge < -0.3 is 10.4 Å². The highest BCUT2D eigenvalue weighted by Crippen LogP contribution is 2.01. The van der Waals surface area contributed by atoms with Crippen LogP contribution in [0, 0.1) is 5.92 Å². The third-order valence-electron chi connectivity index (χ3n) is 1.99. The van der Waals surface area contributed by atoms with Crippen LogP contribution in [0.15, 0.2) is 0 Å². The first-order chi connectivity index (χ1) is 6.74. The zero-order chi connectivity index (χ0) is 12.1. The molecule has 0 aliphatic rings. The Hall–Kier alpha value is -0.620. The van der Waals surface area contributed by atoms with Gasteiger partial charge in [0, 0.05) is 6.26 Å². The number of carboxylic acid groups (broad SMARTS) is 1. The van der Waals surface area contributed by atoms with Gasteiger partial charge in [-0.25, -0.2) is 8.42 Å². The Bertz CT molecular complexity index is 297. The van der Waals surface area contributed by atoms with Gasteiger partial charge in [0.25, 0.3) is 0 Å². The SMILES string of the molecule is CC(C)C(NCCCS(C)(=O)=O)C(=O)O. The van der Waals surface area contributed by atoms with Crippen molar-refractivity contribution in [3.05, 3.63) is 0 Å². The van der Waals surface area contributed by atoms with Gasteiger partial charge in [-0.05, 0) is 18.9 Å². The van der Waals surface area contributed by atoms with E-state index in [-0.39, 0.29) is 11.7 Å². The number of hydrogen-bond acceptors (Lipinski definition) is 4. The van der Waals surface area contributed by atoms with Crippen molar-refractivity contribution in [2.75, 3.05) is 18.6 Å². The number of rotatable bonds is 7. The van der Waals surface area contributed by atoms with Crippen molar-refractivity contribution in [2.24, 2.45) is 5.92 Å². The lowest BCUT2D eigenvalue weighted by Gasteiger charge is -2.17. The van der Waals surface area contributed by atoms with Crippen LogP contribution in [0.2, 0.25) is 0 Å². The summed E-state index contributed by atoms with van der Waals surface area (Å²) in [5.74, 6) is -0.824. The molecule has 0 aliphatic heterocycles. The van der Waals surface area contributed by atoms with Crippen molar-refractivity contribution >= 4 is 15.8 Å². The van der Waals surface area contributed by atoms with E-state index in [2.05, 4.69) is 5.32 Å². The molecule has 0 fully saturated rings. The Morgan fingerprint density at radius 1 is 1.40 bits per heavy atom. The number of aliphatic carboxylic acids is 1. The molecule has 90 valence electrons. The van der Waals surface area contributed by atoms with E-state index in [4.69, 9.17) is 5.11 Å². The van der Waals surface area contributed by atoms with Gasteiger partial charge in [-0.15, -0.1) is 0 Å². The maximum atomic E-state index is 10.8. The second kappa shape index (κ2) is 6.07. The molecule has 0 aromatic heterocycles. The average molecular weight is 237 g/mol. The average Bonchev–Trinajstić information content (AvgIpc) is 2.00. The molecule has 0 radical (unpaired) electrons. The second-order valence-corrected chi connectivity index (χ2v) is 6.26. The van der Waals surface area contributed by atoms with Crippen LogP contribution in [0.3, 0.4) is 0 Å². The van der Waals surface area contributed by atoms with Crippen LogP contribution in [-0.2, 0) is 14.6 Å². The molecule has 0 bridgehead atoms. The topological polar surface area (TPSA) is 83.5 Å². The molecular weight excluding hydrogens is 218 g/mol. The Morgan fingerprint density at radius 3 is 2.27 bits per heavy atom. The lowest BCUT2D eigenvalue weighted by Crippen LogP contribution is -2.41. The fourth-order valence-electron chi connectivity index (χ4n) is 1.20. The highest BCUT2D eigenvalue weighted by atomic mass is 32.2. The monoisotopic (exact) mass is 237 g/mol. The first kappa shape index (κ1) is 14.4. The maximum Gasteiger partial charge on any atom is 0.320 e. The third kappa shape index (κ3) is 7.33. The molecule has 6 heteroatoms. The number of sulfone groups is 1. The summed E-state index contributed by atoms with van der Waals surface area (Å²) in [4.78, 5) is 10.8. The molecule has 0 heterocycles. The van der Waals surface area contributed by atoms with Crippen LogP contribution in [-0.4, -0.2) is 44.1 Å². The van der Waals surface area contributed by atoms with Crippen LogP contribution >= 0.6 is 0 Å². The molecule has 15 heavy (non-hydrogen) atoms. The predicted octanol–water partition coefficient (Wildman–Crippen LogP) is 0.120. The summed E-state index contributed by atoms with van der Waals surface area (Å²) in [6.45, 7) is 4.02. The molecule has 0 aromatic carbocycles. The van der Waals surface area contributed by atoms with Gasteiger partial charge in [-0.1, -0.05) is 13.8 Å². The molecule has 0 spiro atoms. The van der Waals surface area contributed by atoms with Crippen LogP contribution in [0.4, 0.5) is 0 Å². The van der Waals surface area contributed by atoms with Gasteiger partial charge in [0.1, 0.15) is 15.9 Å². The molecule has 0 aliphatic carbocycles. The van der Waals surface area contributed by atoms with E-state index in [1.54, 1.807) is 0 Å². The third-order valence-corrected chi connectivity index (χ3v) is 3.02. The Kier molecular flexibility index (Phi) is 5.82. The van der Waals surface area contributed by atoms with Crippen molar-refractivity contribution in [3.63, 3.8) is 0 Å². The van der Waals surface area contributed by atoms with Crippen LogP contribution in [0.25, 0.3) is 0 Å². The smallest absolute Gasteiger partial charge is 0.320 e. The number of carboxylic acids is 1. The molecule has 1 atom stereocenters. The minimum absolute atomic E-state index is 0.0132. The van der Waals surface area contributed by atoms with Crippen LogP contribution < -0.4 is 5.32 Å². The highest BCUT2D eigenvalue weighted by molar-refractivity contribution is 7.90. The van der Waals surface area contributed by atoms with Crippen molar-refractivity contribution in [3.8, 4) is 0 Å². The molecule has 2 N–H and O–H groups in total. The molecule has 0 rings (SSSR count). The zero-order valence-corrected chi connectivity index (χ0v) is 10.2. The van der Waals surface area contributed by atoms with E-state index in [1.165, 1.54) is 6.26 Å². The van der Waals surface area contributed by atoms with Gasteiger partial charge in [0.05, 0.1) is 5.75 Å². The fraction of sp³-hybridized carbons (Fsp3) is 0.889. The molecule has 0 amide bonds. The lowest BCUT2D eigenvalue weighted by atomic mass is 10.1. The van der Waals surface area contributed by atoms with Gasteiger partial charge in [0.2, 0.25) is 0 Å². The summed E-state index contributed by atoms with van der Waals surface area (Å²) in [7, 11) is -2.95. The van der Waals surface area contributed by atoms with Crippen LogP contribution in [0.1, 0.15) is 20.3 Å². The second-order valence-electron chi connectivity index (χ2n) is 4.00. The summed E-state index contributed by atoms with van der Waals surface area (Å²) in [6.07, 6.45) is 1.61. The largest absolute Gasteiger partial charge is 0.480 e. The molecular formula is C9H19NO4S. The van der Waals surface area contributed by atoms with Crippen molar-refractivity contribution in [1.29, 1.82) is 0 Å². The number of nitrogens with one attached hydrogen (secondary N) is 1. The standard InChI is InChI=1S/C9H19NO4S/c1-7(2)8(9(11)12)10-5-4-6-15(3,13)14/h7-8,10H,4-6H2,1-3H3,(H,11,12). The van der Waals surface area contributed by atoms with Crippen molar-refractivity contribution in [2.45, 2.75) is 26.3 Å². The molecule has 0 aromatic rings. The van der Waals surface area contributed by atoms with Gasteiger partial charge in [0.15, 0.2) is 0 Å². The minimum atomic E-state index is -2.95. The predicted molar refractivity (Wildman–Crippen MR) is 58.6 cm³/mol. The maximum absolute atomic E-state index is 10.8. The first-order valence-electron chi connectivity index (χ1n) is 4.88. The zero-order valence-electron chi connectivity index (χ0n) is 9.36. The van der Waals surface area contributed by atoms with E-state index < -0.39 is 21.8 Å². The summed E-state index contributed by atoms with van der Waals surface area (Å²) >= 11 is 0. The number of hydrogen-bond donors (Lipinski definition) is 2. The summed E-state index contributed by atoms with van der Waals surface area (Å²) in [5, 5.41) is 11.6. The Labute approximate surface area is 90.8 Å². The molecule has 0 saturated carbocycles. The van der Waals surface area contributed by atoms with E-state index >= 15 is 0 Å². The van der Waals surface area contributed by atoms with E-state index in [0.717, 1.165) is 0 Å². The quantitative estimate of drug-likeness (QED) is 0.614. The molecule has 5 nitrogen and oxygen atoms in total. The van der Waals surface area contributed by atoms with E-state index in [9.17, 15) is 13.2 Å². The van der Waals surface area contributed by atoms with Gasteiger partial charge in [-0.2, -0.15) is 0 Å². The molecule has 0 saturated heterocycles. The number of carbonyl (C=O) groups is 1. The van der Waals surface area contributed by atoms with Crippen molar-refractivity contribution in [1.82, 2.24) is 5.32 Å². The van der Waals surface area contributed by atoms with Gasteiger partial charge >= 0.3 is 5.97 Å². The Balaban J connectivity index is 3.88. The first-order valence-corrected chi connectivity index (χ1v) is 6.94. The van der Waals surface area contributed by atoms with Crippen molar-refractivity contribution < 1.29 is 18.3 Å². The highest BCUT2D eigenvalue weighted by Gasteiger charge is 2.20. The summed E-state index contributed by atoms with van der Waals surface area (Å²) in [5.41, 5.74) is 0. The summed E-state index contributed by atoms with van der Waals surface area (Å²) < 4.78 is 21.6. The fourth-order valence-corrected chi connectivity index (χ4v) is 1.87. The van der Waals surface area contributed by atoms with Gasteiger partial charge in [-0.3, -0.25) is 4.79 Å². The lowest BCUT2D eigenvalue weighted by molar-refractivity contribution is -0.140. The Morgan fingerprint density at radius 2 is 1.93 bits per heavy atom. The van der Waals surface area contributed by atoms with Crippen LogP contribution in [0.5, 0.6) is 0 Å². The summed E-state index contributed by atoms with van der Waals surface area (Å²) in [6, 6.07) is -0.607. The van der Waals surface area contributed by atoms with E-state index in [1.807, 2.05) is 13.8 Å².